The van der Waals surface area contributed by atoms with E-state index < -0.39 is 36.1 Å². The van der Waals surface area contributed by atoms with Crippen molar-refractivity contribution in [1.82, 2.24) is 4.90 Å². The lowest BCUT2D eigenvalue weighted by atomic mass is 10.2. The zero-order valence-electron chi connectivity index (χ0n) is 20.0. The van der Waals surface area contributed by atoms with E-state index in [1.54, 1.807) is 13.0 Å². The van der Waals surface area contributed by atoms with Crippen LogP contribution in [0.5, 0.6) is 11.5 Å². The van der Waals surface area contributed by atoms with E-state index in [4.69, 9.17) is 9.47 Å². The Balaban J connectivity index is 1.83. The first-order valence-electron chi connectivity index (χ1n) is 11.5. The van der Waals surface area contributed by atoms with Crippen molar-refractivity contribution >= 4 is 35.1 Å². The summed E-state index contributed by atoms with van der Waals surface area (Å²) >= 11 is 0. The lowest BCUT2D eigenvalue weighted by Crippen LogP contribution is -2.43. The third-order valence-electron chi connectivity index (χ3n) is 5.21. The lowest BCUT2D eigenvalue weighted by Gasteiger charge is -2.23. The number of anilines is 2. The molecule has 1 aliphatic heterocycles. The zero-order valence-corrected chi connectivity index (χ0v) is 20.0. The molecule has 10 heteroatoms. The fraction of sp³-hybridized carbons (Fsp3) is 0.360. The summed E-state index contributed by atoms with van der Waals surface area (Å²) in [5.41, 5.74) is 0.533. The standard InChI is InChI=1S/C25H28FN3O6/c1-4-13-34-20-12-11-19(15-21(20)35-14-5-2)29-24(32)23(31)28(25(29)33)16-22(30)27(6-3)18-9-7-17(26)8-10-18/h7-12,15H,4-6,13-14,16H2,1-3H3. The Labute approximate surface area is 203 Å². The smallest absolute Gasteiger partial charge is 0.339 e. The van der Waals surface area contributed by atoms with Gasteiger partial charge in [0.2, 0.25) is 5.91 Å². The van der Waals surface area contributed by atoms with Crippen LogP contribution in [0.3, 0.4) is 0 Å². The summed E-state index contributed by atoms with van der Waals surface area (Å²) in [5.74, 6) is -2.44. The molecule has 0 spiro atoms. The summed E-state index contributed by atoms with van der Waals surface area (Å²) in [7, 11) is 0. The number of carbonyl (C=O) groups is 4. The van der Waals surface area contributed by atoms with Gasteiger partial charge in [-0.05, 0) is 56.2 Å². The van der Waals surface area contributed by atoms with Crippen molar-refractivity contribution in [1.29, 1.82) is 0 Å². The van der Waals surface area contributed by atoms with E-state index in [1.807, 2.05) is 13.8 Å². The average Bonchev–Trinajstić information content (AvgIpc) is 3.06. The molecule has 0 saturated carbocycles. The quantitative estimate of drug-likeness (QED) is 0.355. The molecular weight excluding hydrogens is 457 g/mol. The van der Waals surface area contributed by atoms with Gasteiger partial charge in [-0.3, -0.25) is 14.4 Å². The number of urea groups is 1. The molecule has 3 rings (SSSR count). The number of hydrogen-bond donors (Lipinski definition) is 0. The molecule has 0 aromatic heterocycles. The highest BCUT2D eigenvalue weighted by Gasteiger charge is 2.46. The van der Waals surface area contributed by atoms with Crippen molar-refractivity contribution in [3.05, 3.63) is 48.3 Å². The molecule has 0 N–H and O–H groups in total. The van der Waals surface area contributed by atoms with Gasteiger partial charge in [0.25, 0.3) is 0 Å². The van der Waals surface area contributed by atoms with E-state index in [1.165, 1.54) is 41.3 Å². The maximum Gasteiger partial charge on any atom is 0.339 e. The first-order valence-corrected chi connectivity index (χ1v) is 11.5. The van der Waals surface area contributed by atoms with Gasteiger partial charge in [0, 0.05) is 18.3 Å². The molecule has 5 amide bonds. The molecule has 0 radical (unpaired) electrons. The molecule has 2 aromatic rings. The fourth-order valence-corrected chi connectivity index (χ4v) is 3.51. The second kappa shape index (κ2) is 11.5. The average molecular weight is 486 g/mol. The van der Waals surface area contributed by atoms with Gasteiger partial charge in [-0.25, -0.2) is 19.0 Å². The van der Waals surface area contributed by atoms with Gasteiger partial charge in [0.1, 0.15) is 12.4 Å². The van der Waals surface area contributed by atoms with E-state index in [0.29, 0.717) is 40.2 Å². The SMILES string of the molecule is CCCOc1ccc(N2C(=O)C(=O)N(CC(=O)N(CC)c3ccc(F)cc3)C2=O)cc1OCCC. The number of amides is 5. The molecule has 0 atom stereocenters. The number of carbonyl (C=O) groups excluding carboxylic acids is 4. The van der Waals surface area contributed by atoms with Crippen LogP contribution in [-0.2, 0) is 14.4 Å². The van der Waals surface area contributed by atoms with Crippen molar-refractivity contribution < 1.29 is 33.0 Å². The van der Waals surface area contributed by atoms with E-state index in [0.717, 1.165) is 12.8 Å². The maximum atomic E-state index is 13.3. The first kappa shape index (κ1) is 25.7. The van der Waals surface area contributed by atoms with Crippen LogP contribution in [0.25, 0.3) is 0 Å². The Morgan fingerprint density at radius 1 is 0.886 bits per heavy atom. The van der Waals surface area contributed by atoms with Crippen molar-refractivity contribution in [3.63, 3.8) is 0 Å². The fourth-order valence-electron chi connectivity index (χ4n) is 3.51. The number of imide groups is 2. The number of hydrogen-bond acceptors (Lipinski definition) is 6. The highest BCUT2D eigenvalue weighted by molar-refractivity contribution is 6.53. The largest absolute Gasteiger partial charge is 0.490 e. The molecule has 1 aliphatic rings. The molecule has 1 fully saturated rings. The predicted molar refractivity (Wildman–Crippen MR) is 127 cm³/mol. The van der Waals surface area contributed by atoms with Crippen LogP contribution in [0.4, 0.5) is 20.6 Å². The molecule has 1 heterocycles. The van der Waals surface area contributed by atoms with Crippen molar-refractivity contribution in [2.24, 2.45) is 0 Å². The number of halogens is 1. The Morgan fingerprint density at radius 2 is 1.51 bits per heavy atom. The van der Waals surface area contributed by atoms with Gasteiger partial charge in [0.15, 0.2) is 11.5 Å². The minimum atomic E-state index is -1.11. The van der Waals surface area contributed by atoms with Crippen LogP contribution in [0.15, 0.2) is 42.5 Å². The molecule has 1 saturated heterocycles. The summed E-state index contributed by atoms with van der Waals surface area (Å²) in [4.78, 5) is 53.9. The van der Waals surface area contributed by atoms with Gasteiger partial charge in [-0.2, -0.15) is 0 Å². The second-order valence-electron chi connectivity index (χ2n) is 7.76. The van der Waals surface area contributed by atoms with Crippen molar-refractivity contribution in [2.75, 3.05) is 36.1 Å². The normalized spacial score (nSPS) is 13.4. The minimum Gasteiger partial charge on any atom is -0.490 e. The highest BCUT2D eigenvalue weighted by Crippen LogP contribution is 2.34. The molecule has 9 nitrogen and oxygen atoms in total. The Bertz CT molecular complexity index is 1100. The van der Waals surface area contributed by atoms with Gasteiger partial charge in [0.05, 0.1) is 18.9 Å². The number of nitrogens with zero attached hydrogens (tertiary/aromatic N) is 3. The number of likely N-dealkylation sites (N-methyl/N-ethyl adjacent to an activating group) is 1. The Kier molecular flexibility index (Phi) is 8.40. The van der Waals surface area contributed by atoms with E-state index >= 15 is 0 Å². The topological polar surface area (TPSA) is 96.5 Å². The lowest BCUT2D eigenvalue weighted by molar-refractivity contribution is -0.140. The van der Waals surface area contributed by atoms with Gasteiger partial charge < -0.3 is 14.4 Å². The van der Waals surface area contributed by atoms with Crippen LogP contribution in [0, 0.1) is 5.82 Å². The Hall–Kier alpha value is -3.95. The monoisotopic (exact) mass is 485 g/mol. The van der Waals surface area contributed by atoms with Gasteiger partial charge in [-0.1, -0.05) is 13.8 Å². The van der Waals surface area contributed by atoms with Gasteiger partial charge in [-0.15, -0.1) is 0 Å². The third-order valence-corrected chi connectivity index (χ3v) is 5.21. The van der Waals surface area contributed by atoms with Crippen LogP contribution >= 0.6 is 0 Å². The minimum absolute atomic E-state index is 0.129. The molecule has 0 unspecified atom stereocenters. The van der Waals surface area contributed by atoms with E-state index in [9.17, 15) is 23.6 Å². The number of benzene rings is 2. The molecule has 0 bridgehead atoms. The van der Waals surface area contributed by atoms with E-state index in [-0.39, 0.29) is 12.2 Å². The van der Waals surface area contributed by atoms with Gasteiger partial charge >= 0.3 is 17.8 Å². The van der Waals surface area contributed by atoms with Crippen LogP contribution < -0.4 is 19.3 Å². The number of rotatable bonds is 11. The molecular formula is C25H28FN3O6. The number of ether oxygens (including phenoxy) is 2. The van der Waals surface area contributed by atoms with Crippen molar-refractivity contribution in [2.45, 2.75) is 33.6 Å². The summed E-state index contributed by atoms with van der Waals surface area (Å²) in [5, 5.41) is 0. The maximum absolute atomic E-state index is 13.3. The highest BCUT2D eigenvalue weighted by atomic mass is 19.1. The Morgan fingerprint density at radius 3 is 2.11 bits per heavy atom. The second-order valence-corrected chi connectivity index (χ2v) is 7.76. The van der Waals surface area contributed by atoms with Crippen LogP contribution in [0.2, 0.25) is 0 Å². The van der Waals surface area contributed by atoms with Crippen LogP contribution in [0.1, 0.15) is 33.6 Å². The predicted octanol–water partition coefficient (Wildman–Crippen LogP) is 3.75. The third kappa shape index (κ3) is 5.59. The zero-order chi connectivity index (χ0) is 25.5. The van der Waals surface area contributed by atoms with Crippen molar-refractivity contribution in [3.8, 4) is 11.5 Å². The first-order chi connectivity index (χ1) is 16.8. The summed E-state index contributed by atoms with van der Waals surface area (Å²) < 4.78 is 24.6. The molecule has 35 heavy (non-hydrogen) atoms. The summed E-state index contributed by atoms with van der Waals surface area (Å²) in [6, 6.07) is 8.82. The summed E-state index contributed by atoms with van der Waals surface area (Å²) in [6.45, 7) is 6.02. The molecule has 2 aromatic carbocycles. The summed E-state index contributed by atoms with van der Waals surface area (Å²) in [6.07, 6.45) is 1.51. The van der Waals surface area contributed by atoms with E-state index in [2.05, 4.69) is 0 Å². The molecule has 0 aliphatic carbocycles. The molecule has 186 valence electrons. The van der Waals surface area contributed by atoms with Crippen LogP contribution in [-0.4, -0.2) is 55.0 Å².